The number of aliphatic hydroxyl groups excluding tert-OH is 1. The molecule has 1 unspecified atom stereocenters. The molecule has 178 valence electrons. The molecule has 3 heterocycles. The lowest BCUT2D eigenvalue weighted by atomic mass is 9.64. The van der Waals surface area contributed by atoms with Gasteiger partial charge in [-0.15, -0.1) is 0 Å². The summed E-state index contributed by atoms with van der Waals surface area (Å²) in [6.07, 6.45) is 7.30. The number of hydrogen-bond donors (Lipinski definition) is 1. The zero-order valence-corrected chi connectivity index (χ0v) is 19.3. The van der Waals surface area contributed by atoms with E-state index >= 15 is 0 Å². The summed E-state index contributed by atoms with van der Waals surface area (Å²) in [5, 5.41) is 10.5. The van der Waals surface area contributed by atoms with Gasteiger partial charge in [-0.1, -0.05) is 0 Å². The molecule has 1 amide bonds. The Morgan fingerprint density at radius 3 is 2.61 bits per heavy atom. The summed E-state index contributed by atoms with van der Waals surface area (Å²) in [5.41, 5.74) is 0.334. The number of piperidine rings is 1. The molecule has 8 heteroatoms. The Kier molecular flexibility index (Phi) is 7.75. The first-order valence-electron chi connectivity index (χ1n) is 12.3. The Hall–Kier alpha value is -0.930. The maximum absolute atomic E-state index is 12.0. The molecule has 2 atom stereocenters. The standard InChI is InChI=1S/C23H41N3O5/c1-3-30-21(27)25-12-8-23(17-25)15-19(16-23)24-10-6-18(7-11-24)20-5-4-9-26(20)22(28)31-14-13-29-2/h18-20,22,28H,3-17H2,1-2H3/t19?,20-,22?,23?/m0/s1. The molecule has 0 aromatic rings. The summed E-state index contributed by atoms with van der Waals surface area (Å²) in [7, 11) is 1.65. The lowest BCUT2D eigenvalue weighted by molar-refractivity contribution is -0.207. The van der Waals surface area contributed by atoms with Crippen molar-refractivity contribution >= 4 is 6.09 Å². The highest BCUT2D eigenvalue weighted by Crippen LogP contribution is 2.51. The van der Waals surface area contributed by atoms with E-state index in [1.165, 1.54) is 25.7 Å². The molecular formula is C23H41N3O5. The summed E-state index contributed by atoms with van der Waals surface area (Å²) in [6.45, 7) is 8.19. The Bertz CT molecular complexity index is 592. The molecule has 0 bridgehead atoms. The molecule has 3 aliphatic heterocycles. The van der Waals surface area contributed by atoms with Gasteiger partial charge in [0.05, 0.1) is 19.8 Å². The Morgan fingerprint density at radius 1 is 1.13 bits per heavy atom. The van der Waals surface area contributed by atoms with Gasteiger partial charge in [-0.25, -0.2) is 4.79 Å². The summed E-state index contributed by atoms with van der Waals surface area (Å²) in [4.78, 5) is 18.8. The van der Waals surface area contributed by atoms with E-state index in [2.05, 4.69) is 9.80 Å². The number of amides is 1. The van der Waals surface area contributed by atoms with Crippen molar-refractivity contribution in [2.75, 3.05) is 59.7 Å². The third-order valence-electron chi connectivity index (χ3n) is 8.12. The number of methoxy groups -OCH3 is 1. The van der Waals surface area contributed by atoms with Gasteiger partial charge in [0, 0.05) is 38.8 Å². The van der Waals surface area contributed by atoms with Gasteiger partial charge in [0.1, 0.15) is 0 Å². The van der Waals surface area contributed by atoms with Gasteiger partial charge >= 0.3 is 6.09 Å². The number of hydrogen-bond acceptors (Lipinski definition) is 7. The highest BCUT2D eigenvalue weighted by Gasteiger charge is 2.51. The van der Waals surface area contributed by atoms with E-state index in [4.69, 9.17) is 14.2 Å². The summed E-state index contributed by atoms with van der Waals surface area (Å²) in [5.74, 6) is 0.638. The van der Waals surface area contributed by atoms with Crippen molar-refractivity contribution in [3.05, 3.63) is 0 Å². The third-order valence-corrected chi connectivity index (χ3v) is 8.12. The molecule has 4 fully saturated rings. The molecule has 31 heavy (non-hydrogen) atoms. The van der Waals surface area contributed by atoms with Gasteiger partial charge in [-0.3, -0.25) is 4.90 Å². The van der Waals surface area contributed by atoms with Gasteiger partial charge in [0.25, 0.3) is 0 Å². The summed E-state index contributed by atoms with van der Waals surface area (Å²) < 4.78 is 15.8. The van der Waals surface area contributed by atoms with Crippen LogP contribution in [0.1, 0.15) is 51.9 Å². The molecule has 0 aromatic carbocycles. The van der Waals surface area contributed by atoms with Crippen molar-refractivity contribution in [3.8, 4) is 0 Å². The molecule has 0 aromatic heterocycles. The van der Waals surface area contributed by atoms with Crippen molar-refractivity contribution in [2.24, 2.45) is 11.3 Å². The lowest BCUT2D eigenvalue weighted by Crippen LogP contribution is -2.55. The van der Waals surface area contributed by atoms with E-state index in [1.807, 2.05) is 11.8 Å². The second-order valence-electron chi connectivity index (χ2n) is 9.94. The molecule has 4 aliphatic rings. The summed E-state index contributed by atoms with van der Waals surface area (Å²) >= 11 is 0. The number of rotatable bonds is 8. The number of nitrogens with zero attached hydrogens (tertiary/aromatic N) is 3. The van der Waals surface area contributed by atoms with Crippen LogP contribution in [-0.2, 0) is 14.2 Å². The monoisotopic (exact) mass is 439 g/mol. The van der Waals surface area contributed by atoms with E-state index in [0.717, 1.165) is 52.0 Å². The predicted octanol–water partition coefficient (Wildman–Crippen LogP) is 2.11. The van der Waals surface area contributed by atoms with Crippen LogP contribution in [0.4, 0.5) is 4.79 Å². The van der Waals surface area contributed by atoms with Crippen LogP contribution in [0, 0.1) is 11.3 Å². The molecule has 1 aliphatic carbocycles. The molecule has 8 nitrogen and oxygen atoms in total. The topological polar surface area (TPSA) is 74.7 Å². The molecule has 1 saturated carbocycles. The van der Waals surface area contributed by atoms with E-state index < -0.39 is 6.41 Å². The average molecular weight is 440 g/mol. The van der Waals surface area contributed by atoms with Crippen molar-refractivity contribution < 1.29 is 24.1 Å². The highest BCUT2D eigenvalue weighted by atomic mass is 16.6. The van der Waals surface area contributed by atoms with Gasteiger partial charge in [0.15, 0.2) is 0 Å². The maximum atomic E-state index is 12.0. The first-order valence-corrected chi connectivity index (χ1v) is 12.3. The van der Waals surface area contributed by atoms with E-state index in [9.17, 15) is 9.90 Å². The number of aliphatic hydroxyl groups is 1. The van der Waals surface area contributed by atoms with Crippen LogP contribution in [0.2, 0.25) is 0 Å². The zero-order chi connectivity index (χ0) is 21.8. The van der Waals surface area contributed by atoms with E-state index in [0.29, 0.717) is 43.2 Å². The molecule has 1 spiro atoms. The predicted molar refractivity (Wildman–Crippen MR) is 117 cm³/mol. The van der Waals surface area contributed by atoms with Crippen molar-refractivity contribution in [1.29, 1.82) is 0 Å². The Morgan fingerprint density at radius 2 is 1.90 bits per heavy atom. The smallest absolute Gasteiger partial charge is 0.409 e. The second-order valence-corrected chi connectivity index (χ2v) is 9.94. The zero-order valence-electron chi connectivity index (χ0n) is 19.3. The number of ether oxygens (including phenoxy) is 3. The Labute approximate surface area is 186 Å². The van der Waals surface area contributed by atoms with Crippen LogP contribution < -0.4 is 0 Å². The van der Waals surface area contributed by atoms with Gasteiger partial charge in [-0.2, -0.15) is 0 Å². The molecule has 4 rings (SSSR count). The van der Waals surface area contributed by atoms with E-state index in [-0.39, 0.29) is 6.09 Å². The molecule has 0 radical (unpaired) electrons. The first-order chi connectivity index (χ1) is 15.0. The minimum absolute atomic E-state index is 0.141. The number of likely N-dealkylation sites (tertiary alicyclic amines) is 3. The molecule has 3 saturated heterocycles. The van der Waals surface area contributed by atoms with Crippen LogP contribution in [0.3, 0.4) is 0 Å². The largest absolute Gasteiger partial charge is 0.450 e. The SMILES string of the molecule is CCOC(=O)N1CCC2(CC(N3CCC([C@@H]4CCCN4C(O)OCCOC)CC3)C2)C1. The minimum Gasteiger partial charge on any atom is -0.450 e. The lowest BCUT2D eigenvalue weighted by Gasteiger charge is -2.52. The summed E-state index contributed by atoms with van der Waals surface area (Å²) in [6, 6.07) is 1.10. The van der Waals surface area contributed by atoms with Crippen LogP contribution >= 0.6 is 0 Å². The van der Waals surface area contributed by atoms with Crippen molar-refractivity contribution in [2.45, 2.75) is 70.4 Å². The van der Waals surface area contributed by atoms with Gasteiger partial charge in [-0.05, 0) is 76.3 Å². The highest BCUT2D eigenvalue weighted by molar-refractivity contribution is 5.68. The van der Waals surface area contributed by atoms with Gasteiger partial charge in [0.2, 0.25) is 6.41 Å². The fraction of sp³-hybridized carbons (Fsp3) is 0.957. The quantitative estimate of drug-likeness (QED) is 0.459. The molecular weight excluding hydrogens is 398 g/mol. The fourth-order valence-electron chi connectivity index (χ4n) is 6.43. The van der Waals surface area contributed by atoms with Crippen molar-refractivity contribution in [3.63, 3.8) is 0 Å². The van der Waals surface area contributed by atoms with Crippen LogP contribution in [-0.4, -0.2) is 104 Å². The Balaban J connectivity index is 1.20. The van der Waals surface area contributed by atoms with Crippen LogP contribution in [0.15, 0.2) is 0 Å². The van der Waals surface area contributed by atoms with Crippen LogP contribution in [0.25, 0.3) is 0 Å². The fourth-order valence-corrected chi connectivity index (χ4v) is 6.43. The first kappa shape index (κ1) is 23.2. The van der Waals surface area contributed by atoms with Gasteiger partial charge < -0.3 is 29.1 Å². The third kappa shape index (κ3) is 5.19. The molecule has 1 N–H and O–H groups in total. The maximum Gasteiger partial charge on any atom is 0.409 e. The normalized spacial score (nSPS) is 33.7. The number of carbonyl (C=O) groups excluding carboxylic acids is 1. The van der Waals surface area contributed by atoms with E-state index in [1.54, 1.807) is 7.11 Å². The number of carbonyl (C=O) groups is 1. The van der Waals surface area contributed by atoms with Crippen molar-refractivity contribution in [1.82, 2.24) is 14.7 Å². The van der Waals surface area contributed by atoms with Crippen LogP contribution in [0.5, 0.6) is 0 Å². The minimum atomic E-state index is -0.808. The average Bonchev–Trinajstić information content (AvgIpc) is 3.41. The second kappa shape index (κ2) is 10.3.